The zero-order valence-electron chi connectivity index (χ0n) is 13.3. The number of benzene rings is 1. The quantitative estimate of drug-likeness (QED) is 0.836. The summed E-state index contributed by atoms with van der Waals surface area (Å²) in [6, 6.07) is 9.68. The lowest BCUT2D eigenvalue weighted by Gasteiger charge is -2.21. The Morgan fingerprint density at radius 3 is 2.92 bits per heavy atom. The van der Waals surface area contributed by atoms with E-state index in [1.807, 2.05) is 19.1 Å². The zero-order valence-corrected chi connectivity index (χ0v) is 14.1. The summed E-state index contributed by atoms with van der Waals surface area (Å²) in [4.78, 5) is 16.8. The second kappa shape index (κ2) is 7.28. The number of amides is 1. The fraction of sp³-hybridized carbons (Fsp3) is 0.333. The molecule has 2 N–H and O–H groups in total. The van der Waals surface area contributed by atoms with Gasteiger partial charge in [-0.25, -0.2) is 9.37 Å². The predicted molar refractivity (Wildman–Crippen MR) is 91.3 cm³/mol. The molecule has 3 atom stereocenters. The first-order valence-electron chi connectivity index (χ1n) is 7.92. The van der Waals surface area contributed by atoms with Crippen LogP contribution >= 0.6 is 11.6 Å². The van der Waals surface area contributed by atoms with Gasteiger partial charge in [0.2, 0.25) is 5.91 Å². The minimum atomic E-state index is -0.304. The summed E-state index contributed by atoms with van der Waals surface area (Å²) < 4.78 is 13.3. The van der Waals surface area contributed by atoms with Crippen LogP contribution in [0.5, 0.6) is 0 Å². The Hall–Kier alpha value is -1.98. The van der Waals surface area contributed by atoms with Gasteiger partial charge in [-0.3, -0.25) is 4.79 Å². The van der Waals surface area contributed by atoms with Crippen LogP contribution in [0.4, 0.5) is 4.39 Å². The highest BCUT2D eigenvalue weighted by atomic mass is 35.5. The van der Waals surface area contributed by atoms with Crippen molar-refractivity contribution >= 4 is 17.5 Å². The summed E-state index contributed by atoms with van der Waals surface area (Å²) >= 11 is 5.83. The van der Waals surface area contributed by atoms with Crippen LogP contribution < -0.4 is 10.6 Å². The third kappa shape index (κ3) is 3.74. The zero-order chi connectivity index (χ0) is 17.1. The molecule has 1 amide bonds. The molecule has 1 aromatic heterocycles. The Kier molecular flexibility index (Phi) is 5.11. The molecule has 3 rings (SSSR count). The van der Waals surface area contributed by atoms with Crippen molar-refractivity contribution in [1.82, 2.24) is 15.6 Å². The first-order chi connectivity index (χ1) is 11.5. The first-order valence-corrected chi connectivity index (χ1v) is 8.30. The number of aromatic nitrogens is 1. The van der Waals surface area contributed by atoms with E-state index in [0.717, 1.165) is 17.7 Å². The van der Waals surface area contributed by atoms with Crippen molar-refractivity contribution < 1.29 is 9.18 Å². The maximum atomic E-state index is 13.3. The molecule has 4 nitrogen and oxygen atoms in total. The molecule has 0 bridgehead atoms. The highest BCUT2D eigenvalue weighted by molar-refractivity contribution is 6.29. The van der Waals surface area contributed by atoms with Gasteiger partial charge in [0.05, 0.1) is 12.0 Å². The third-order valence-electron chi connectivity index (χ3n) is 4.44. The lowest BCUT2D eigenvalue weighted by Crippen LogP contribution is -2.36. The Morgan fingerprint density at radius 2 is 2.21 bits per heavy atom. The van der Waals surface area contributed by atoms with Crippen molar-refractivity contribution in [1.29, 1.82) is 0 Å². The molecule has 3 unspecified atom stereocenters. The van der Waals surface area contributed by atoms with E-state index in [4.69, 9.17) is 11.6 Å². The molecule has 1 aliphatic rings. The summed E-state index contributed by atoms with van der Waals surface area (Å²) in [5, 5.41) is 6.68. The number of pyridine rings is 1. The standard InChI is InChI=1S/C18H19ClFN3O/c1-11(12-3-2-4-14(20)7-12)23-18(24)16-10-21-9-15(16)13-5-6-17(19)22-8-13/h2-8,11,15-16,21H,9-10H2,1H3,(H,23,24). The van der Waals surface area contributed by atoms with Crippen LogP contribution in [-0.2, 0) is 4.79 Å². The molecule has 1 aromatic carbocycles. The van der Waals surface area contributed by atoms with Gasteiger partial charge < -0.3 is 10.6 Å². The van der Waals surface area contributed by atoms with Crippen LogP contribution in [0.3, 0.4) is 0 Å². The summed E-state index contributed by atoms with van der Waals surface area (Å²) in [6.45, 7) is 3.18. The lowest BCUT2D eigenvalue weighted by molar-refractivity contribution is -0.125. The Balaban J connectivity index is 1.70. The molecule has 1 saturated heterocycles. The normalized spacial score (nSPS) is 21.5. The number of nitrogens with zero attached hydrogens (tertiary/aromatic N) is 1. The van der Waals surface area contributed by atoms with Crippen LogP contribution in [0, 0.1) is 11.7 Å². The molecule has 2 heterocycles. The van der Waals surface area contributed by atoms with Crippen molar-refractivity contribution in [3.05, 3.63) is 64.7 Å². The molecule has 0 spiro atoms. The van der Waals surface area contributed by atoms with Crippen LogP contribution in [0.15, 0.2) is 42.6 Å². The van der Waals surface area contributed by atoms with Crippen molar-refractivity contribution in [3.8, 4) is 0 Å². The molecule has 1 fully saturated rings. The van der Waals surface area contributed by atoms with E-state index >= 15 is 0 Å². The van der Waals surface area contributed by atoms with Gasteiger partial charge in [-0.15, -0.1) is 0 Å². The number of hydrogen-bond acceptors (Lipinski definition) is 3. The van der Waals surface area contributed by atoms with Crippen LogP contribution in [0.2, 0.25) is 5.15 Å². The summed E-state index contributed by atoms with van der Waals surface area (Å²) in [5.41, 5.74) is 1.74. The van der Waals surface area contributed by atoms with E-state index in [2.05, 4.69) is 15.6 Å². The van der Waals surface area contributed by atoms with Crippen LogP contribution in [0.1, 0.15) is 30.0 Å². The maximum absolute atomic E-state index is 13.3. The van der Waals surface area contributed by atoms with Gasteiger partial charge in [-0.2, -0.15) is 0 Å². The van der Waals surface area contributed by atoms with Gasteiger partial charge in [0, 0.05) is 25.2 Å². The van der Waals surface area contributed by atoms with E-state index in [9.17, 15) is 9.18 Å². The van der Waals surface area contributed by atoms with Gasteiger partial charge in [-0.1, -0.05) is 29.8 Å². The molecule has 2 aromatic rings. The van der Waals surface area contributed by atoms with Crippen molar-refractivity contribution in [2.75, 3.05) is 13.1 Å². The van der Waals surface area contributed by atoms with Gasteiger partial charge in [0.1, 0.15) is 11.0 Å². The van der Waals surface area contributed by atoms with Crippen molar-refractivity contribution in [3.63, 3.8) is 0 Å². The Labute approximate surface area is 145 Å². The molecule has 0 aliphatic carbocycles. The number of carbonyl (C=O) groups is 1. The van der Waals surface area contributed by atoms with E-state index in [1.165, 1.54) is 12.1 Å². The largest absolute Gasteiger partial charge is 0.349 e. The first kappa shape index (κ1) is 16.9. The van der Waals surface area contributed by atoms with Crippen LogP contribution in [0.25, 0.3) is 0 Å². The predicted octanol–water partition coefficient (Wildman–Crippen LogP) is 3.05. The molecule has 0 radical (unpaired) electrons. The van der Waals surface area contributed by atoms with Crippen LogP contribution in [-0.4, -0.2) is 24.0 Å². The van der Waals surface area contributed by atoms with E-state index in [-0.39, 0.29) is 29.6 Å². The van der Waals surface area contributed by atoms with Crippen molar-refractivity contribution in [2.24, 2.45) is 5.92 Å². The molecule has 0 saturated carbocycles. The maximum Gasteiger partial charge on any atom is 0.225 e. The van der Waals surface area contributed by atoms with Gasteiger partial charge in [0.15, 0.2) is 0 Å². The average Bonchev–Trinajstić information content (AvgIpc) is 3.05. The lowest BCUT2D eigenvalue weighted by atomic mass is 9.89. The second-order valence-electron chi connectivity index (χ2n) is 6.07. The van der Waals surface area contributed by atoms with Gasteiger partial charge in [0.25, 0.3) is 0 Å². The number of halogens is 2. The van der Waals surface area contributed by atoms with E-state index in [0.29, 0.717) is 11.7 Å². The summed E-state index contributed by atoms with van der Waals surface area (Å²) in [6.07, 6.45) is 1.72. The highest BCUT2D eigenvalue weighted by Gasteiger charge is 2.34. The Bertz CT molecular complexity index is 722. The summed E-state index contributed by atoms with van der Waals surface area (Å²) in [5.74, 6) is -0.489. The van der Waals surface area contributed by atoms with Crippen molar-refractivity contribution in [2.45, 2.75) is 18.9 Å². The number of rotatable bonds is 4. The van der Waals surface area contributed by atoms with Gasteiger partial charge >= 0.3 is 0 Å². The minimum absolute atomic E-state index is 0.0447. The fourth-order valence-corrected chi connectivity index (χ4v) is 3.20. The number of nitrogens with one attached hydrogen (secondary N) is 2. The number of carbonyl (C=O) groups excluding carboxylic acids is 1. The monoisotopic (exact) mass is 347 g/mol. The molecular weight excluding hydrogens is 329 g/mol. The van der Waals surface area contributed by atoms with E-state index < -0.39 is 0 Å². The summed E-state index contributed by atoms with van der Waals surface area (Å²) in [7, 11) is 0. The topological polar surface area (TPSA) is 54.0 Å². The smallest absolute Gasteiger partial charge is 0.225 e. The number of hydrogen-bond donors (Lipinski definition) is 2. The molecule has 24 heavy (non-hydrogen) atoms. The SMILES string of the molecule is CC(NC(=O)C1CNCC1c1ccc(Cl)nc1)c1cccc(F)c1. The highest BCUT2D eigenvalue weighted by Crippen LogP contribution is 2.29. The molecule has 1 aliphatic heterocycles. The van der Waals surface area contributed by atoms with E-state index in [1.54, 1.807) is 18.3 Å². The second-order valence-corrected chi connectivity index (χ2v) is 6.46. The third-order valence-corrected chi connectivity index (χ3v) is 4.66. The molecule has 6 heteroatoms. The Morgan fingerprint density at radius 1 is 1.38 bits per heavy atom. The fourth-order valence-electron chi connectivity index (χ4n) is 3.09. The minimum Gasteiger partial charge on any atom is -0.349 e. The van der Waals surface area contributed by atoms with Gasteiger partial charge in [-0.05, 0) is 36.2 Å². The molecule has 126 valence electrons. The average molecular weight is 348 g/mol. The molecular formula is C18H19ClFN3O.